The highest BCUT2D eigenvalue weighted by Gasteiger charge is 2.42. The van der Waals surface area contributed by atoms with Gasteiger partial charge in [0.15, 0.2) is 0 Å². The first-order chi connectivity index (χ1) is 19.1. The monoisotopic (exact) mass is 588 g/mol. The number of hydrogen-bond acceptors (Lipinski definition) is 5. The molecule has 2 aliphatic rings. The SMILES string of the molecule is CN(C)CCC(=O)NC(Cc1ccc(Cl)cc1)C(=O)N1CCC(N(C2CCCCC2)S(=O)(=O)c2ccccc2)C1. The Kier molecular flexibility index (Phi) is 10.6. The quantitative estimate of drug-likeness (QED) is 0.429. The summed E-state index contributed by atoms with van der Waals surface area (Å²) in [7, 11) is 0.0646. The van der Waals surface area contributed by atoms with Gasteiger partial charge < -0.3 is 15.1 Å². The molecule has 0 radical (unpaired) electrons. The molecular formula is C30H41ClN4O4S. The fourth-order valence-electron chi connectivity index (χ4n) is 5.76. The van der Waals surface area contributed by atoms with Crippen molar-refractivity contribution in [3.8, 4) is 0 Å². The summed E-state index contributed by atoms with van der Waals surface area (Å²) in [6, 6.07) is 14.7. The van der Waals surface area contributed by atoms with Gasteiger partial charge in [0.25, 0.3) is 0 Å². The van der Waals surface area contributed by atoms with Gasteiger partial charge in [-0.1, -0.05) is 61.2 Å². The zero-order valence-corrected chi connectivity index (χ0v) is 25.0. The molecule has 1 saturated carbocycles. The largest absolute Gasteiger partial charge is 0.344 e. The maximum absolute atomic E-state index is 13.9. The van der Waals surface area contributed by atoms with Crippen molar-refractivity contribution in [2.75, 3.05) is 33.7 Å². The fourth-order valence-corrected chi connectivity index (χ4v) is 7.80. The minimum atomic E-state index is -3.73. The zero-order valence-electron chi connectivity index (χ0n) is 23.5. The molecule has 2 aromatic rings. The van der Waals surface area contributed by atoms with Gasteiger partial charge in [-0.2, -0.15) is 4.31 Å². The molecule has 1 N–H and O–H groups in total. The van der Waals surface area contributed by atoms with Gasteiger partial charge in [-0.05, 0) is 63.2 Å². The third-order valence-electron chi connectivity index (χ3n) is 7.86. The minimum absolute atomic E-state index is 0.0744. The van der Waals surface area contributed by atoms with Gasteiger partial charge >= 0.3 is 0 Å². The Bertz CT molecular complexity index is 1230. The lowest BCUT2D eigenvalue weighted by Crippen LogP contribution is -2.52. The second-order valence-electron chi connectivity index (χ2n) is 11.2. The standard InChI is InChI=1S/C30H41ClN4O4S/c1-33(2)19-18-29(36)32-28(21-23-13-15-24(31)16-14-23)30(37)34-20-17-26(22-34)35(25-9-5-3-6-10-25)40(38,39)27-11-7-4-8-12-27/h4,7-8,11-16,25-26,28H,3,5-6,9-10,17-22H2,1-2H3,(H,32,36). The summed E-state index contributed by atoms with van der Waals surface area (Å²) >= 11 is 6.06. The summed E-state index contributed by atoms with van der Waals surface area (Å²) in [6.45, 7) is 1.33. The third-order valence-corrected chi connectivity index (χ3v) is 10.1. The predicted octanol–water partition coefficient (Wildman–Crippen LogP) is 3.94. The van der Waals surface area contributed by atoms with E-state index >= 15 is 0 Å². The number of benzene rings is 2. The molecule has 2 fully saturated rings. The summed E-state index contributed by atoms with van der Waals surface area (Å²) in [5, 5.41) is 3.56. The van der Waals surface area contributed by atoms with Crippen molar-refractivity contribution in [2.45, 2.75) is 74.4 Å². The highest BCUT2D eigenvalue weighted by atomic mass is 35.5. The van der Waals surface area contributed by atoms with Crippen molar-refractivity contribution in [3.63, 3.8) is 0 Å². The maximum Gasteiger partial charge on any atom is 0.245 e. The number of likely N-dealkylation sites (tertiary alicyclic amines) is 1. The number of carbonyl (C=O) groups excluding carboxylic acids is 2. The average Bonchev–Trinajstić information content (AvgIpc) is 3.43. The Morgan fingerprint density at radius 1 is 0.975 bits per heavy atom. The number of amides is 2. The molecule has 40 heavy (non-hydrogen) atoms. The van der Waals surface area contributed by atoms with Crippen LogP contribution in [0.4, 0.5) is 0 Å². The third kappa shape index (κ3) is 7.84. The van der Waals surface area contributed by atoms with E-state index in [1.54, 1.807) is 45.6 Å². The molecule has 0 spiro atoms. The molecule has 0 bridgehead atoms. The van der Waals surface area contributed by atoms with Crippen LogP contribution in [-0.4, -0.2) is 86.2 Å². The molecule has 0 aromatic heterocycles. The van der Waals surface area contributed by atoms with Crippen LogP contribution in [-0.2, 0) is 26.0 Å². The van der Waals surface area contributed by atoms with Crippen LogP contribution in [0.1, 0.15) is 50.5 Å². The van der Waals surface area contributed by atoms with Gasteiger partial charge in [-0.15, -0.1) is 0 Å². The summed E-state index contributed by atoms with van der Waals surface area (Å²) in [4.78, 5) is 30.6. The first-order valence-corrected chi connectivity index (χ1v) is 16.0. The molecule has 8 nitrogen and oxygen atoms in total. The Balaban J connectivity index is 1.54. The normalized spacial score (nSPS) is 19.2. The van der Waals surface area contributed by atoms with E-state index in [1.807, 2.05) is 37.2 Å². The van der Waals surface area contributed by atoms with Crippen LogP contribution in [0.2, 0.25) is 5.02 Å². The van der Waals surface area contributed by atoms with Crippen LogP contribution < -0.4 is 5.32 Å². The van der Waals surface area contributed by atoms with E-state index in [2.05, 4.69) is 5.32 Å². The molecule has 2 amide bonds. The maximum atomic E-state index is 13.9. The number of carbonyl (C=O) groups is 2. The van der Waals surface area contributed by atoms with Crippen LogP contribution in [0.15, 0.2) is 59.5 Å². The molecule has 1 aliphatic carbocycles. The molecule has 4 rings (SSSR count). The van der Waals surface area contributed by atoms with Gasteiger partial charge in [0.1, 0.15) is 6.04 Å². The van der Waals surface area contributed by atoms with E-state index in [4.69, 9.17) is 11.6 Å². The van der Waals surface area contributed by atoms with E-state index in [0.29, 0.717) is 42.4 Å². The second-order valence-corrected chi connectivity index (χ2v) is 13.5. The molecule has 10 heteroatoms. The average molecular weight is 589 g/mol. The fraction of sp³-hybridized carbons (Fsp3) is 0.533. The highest BCUT2D eigenvalue weighted by Crippen LogP contribution is 2.33. The number of hydrogen-bond donors (Lipinski definition) is 1. The second kappa shape index (κ2) is 13.9. The van der Waals surface area contributed by atoms with Gasteiger partial charge in [0.2, 0.25) is 21.8 Å². The first kappa shape index (κ1) is 30.5. The number of halogens is 1. The van der Waals surface area contributed by atoms with Crippen LogP contribution in [0, 0.1) is 0 Å². The number of sulfonamides is 1. The zero-order chi connectivity index (χ0) is 28.7. The summed E-state index contributed by atoms with van der Waals surface area (Å²) in [5.41, 5.74) is 0.891. The van der Waals surface area contributed by atoms with Gasteiger partial charge in [-0.25, -0.2) is 8.42 Å². The van der Waals surface area contributed by atoms with E-state index in [1.165, 1.54) is 0 Å². The van der Waals surface area contributed by atoms with Crippen molar-refractivity contribution in [1.82, 2.24) is 19.4 Å². The molecule has 2 unspecified atom stereocenters. The van der Waals surface area contributed by atoms with Crippen molar-refractivity contribution in [2.24, 2.45) is 0 Å². The summed E-state index contributed by atoms with van der Waals surface area (Å²) in [5.74, 6) is -0.372. The van der Waals surface area contributed by atoms with Crippen molar-refractivity contribution < 1.29 is 18.0 Å². The predicted molar refractivity (Wildman–Crippen MR) is 158 cm³/mol. The molecule has 2 aromatic carbocycles. The summed E-state index contributed by atoms with van der Waals surface area (Å²) < 4.78 is 29.5. The smallest absolute Gasteiger partial charge is 0.245 e. The van der Waals surface area contributed by atoms with E-state index in [0.717, 1.165) is 37.7 Å². The lowest BCUT2D eigenvalue weighted by molar-refractivity contribution is -0.135. The lowest BCUT2D eigenvalue weighted by Gasteiger charge is -2.37. The Morgan fingerprint density at radius 3 is 2.30 bits per heavy atom. The molecular weight excluding hydrogens is 548 g/mol. The Hall–Kier alpha value is -2.46. The molecule has 1 saturated heterocycles. The molecule has 218 valence electrons. The Morgan fingerprint density at radius 2 is 1.65 bits per heavy atom. The van der Waals surface area contributed by atoms with Crippen LogP contribution in [0.25, 0.3) is 0 Å². The molecule has 1 heterocycles. The lowest BCUT2D eigenvalue weighted by atomic mass is 9.95. The first-order valence-electron chi connectivity index (χ1n) is 14.2. The van der Waals surface area contributed by atoms with Crippen LogP contribution >= 0.6 is 11.6 Å². The number of rotatable bonds is 11. The van der Waals surface area contributed by atoms with Gasteiger partial charge in [0, 0.05) is 49.6 Å². The molecule has 2 atom stereocenters. The molecule has 1 aliphatic heterocycles. The van der Waals surface area contributed by atoms with Gasteiger partial charge in [0.05, 0.1) is 4.90 Å². The number of nitrogens with one attached hydrogen (secondary N) is 1. The van der Waals surface area contributed by atoms with Crippen molar-refractivity contribution >= 4 is 33.4 Å². The van der Waals surface area contributed by atoms with Crippen molar-refractivity contribution in [1.29, 1.82) is 0 Å². The van der Waals surface area contributed by atoms with E-state index in [-0.39, 0.29) is 30.3 Å². The van der Waals surface area contributed by atoms with Crippen LogP contribution in [0.5, 0.6) is 0 Å². The van der Waals surface area contributed by atoms with Crippen LogP contribution in [0.3, 0.4) is 0 Å². The Labute approximate surface area is 243 Å². The van der Waals surface area contributed by atoms with E-state index in [9.17, 15) is 18.0 Å². The number of nitrogens with zero attached hydrogens (tertiary/aromatic N) is 3. The van der Waals surface area contributed by atoms with Gasteiger partial charge in [-0.3, -0.25) is 9.59 Å². The van der Waals surface area contributed by atoms with E-state index < -0.39 is 16.1 Å². The minimum Gasteiger partial charge on any atom is -0.344 e. The summed E-state index contributed by atoms with van der Waals surface area (Å²) in [6.07, 6.45) is 5.97. The highest BCUT2D eigenvalue weighted by molar-refractivity contribution is 7.89. The topological polar surface area (TPSA) is 90.0 Å². The van der Waals surface area contributed by atoms with Crippen molar-refractivity contribution in [3.05, 3.63) is 65.2 Å².